The average Bonchev–Trinajstić information content (AvgIpc) is 2.45. The Bertz CT molecular complexity index is 602. The van der Waals surface area contributed by atoms with E-state index in [-0.39, 0.29) is 0 Å². The van der Waals surface area contributed by atoms with E-state index in [0.717, 1.165) is 13.0 Å². The van der Waals surface area contributed by atoms with Crippen LogP contribution in [-0.4, -0.2) is 21.5 Å². The fraction of sp³-hybridized carbons (Fsp3) is 0.357. The van der Waals surface area contributed by atoms with Gasteiger partial charge in [-0.05, 0) is 24.5 Å². The highest BCUT2D eigenvalue weighted by Crippen LogP contribution is 2.28. The number of nitrogens with zero attached hydrogens (tertiary/aromatic N) is 3. The molecule has 2 rings (SSSR count). The molecule has 0 atom stereocenters. The number of nitrogen functional groups attached to an aromatic ring is 1. The number of aromatic nitrogens is 3. The third-order valence-corrected chi connectivity index (χ3v) is 3.21. The number of rotatable bonds is 6. The van der Waals surface area contributed by atoms with Crippen molar-refractivity contribution in [3.05, 3.63) is 29.8 Å². The molecule has 0 aliphatic heterocycles. The summed E-state index contributed by atoms with van der Waals surface area (Å²) in [6.45, 7) is 5.15. The van der Waals surface area contributed by atoms with Crippen LogP contribution in [-0.2, 0) is 0 Å². The Kier molecular flexibility index (Phi) is 5.16. The molecule has 0 aromatic carbocycles. The number of hydrogen-bond donors (Lipinski definition) is 3. The molecule has 0 aliphatic carbocycles. The quantitative estimate of drug-likeness (QED) is 0.710. The zero-order valence-electron chi connectivity index (χ0n) is 12.1. The summed E-state index contributed by atoms with van der Waals surface area (Å²) in [6, 6.07) is 3.59. The van der Waals surface area contributed by atoms with Gasteiger partial charge < -0.3 is 16.4 Å². The first kappa shape index (κ1) is 15.3. The van der Waals surface area contributed by atoms with Crippen molar-refractivity contribution >= 4 is 34.6 Å². The van der Waals surface area contributed by atoms with Crippen molar-refractivity contribution in [1.29, 1.82) is 0 Å². The summed E-state index contributed by atoms with van der Waals surface area (Å²) >= 11 is 6.01. The lowest BCUT2D eigenvalue weighted by atomic mass is 10.1. The minimum absolute atomic E-state index is 0.366. The van der Waals surface area contributed by atoms with E-state index in [9.17, 15) is 0 Å². The zero-order valence-corrected chi connectivity index (χ0v) is 12.9. The first-order valence-corrected chi connectivity index (χ1v) is 7.17. The van der Waals surface area contributed by atoms with Crippen molar-refractivity contribution in [3.63, 3.8) is 0 Å². The summed E-state index contributed by atoms with van der Waals surface area (Å²) in [5.74, 6) is 1.74. The van der Waals surface area contributed by atoms with E-state index < -0.39 is 0 Å². The van der Waals surface area contributed by atoms with Crippen LogP contribution in [0.4, 0.5) is 23.0 Å². The van der Waals surface area contributed by atoms with Gasteiger partial charge in [0.25, 0.3) is 0 Å². The SMILES string of the molecule is CC(C)CCNc1ncnc(Nc2cccnc2Cl)c1N. The molecule has 0 saturated heterocycles. The van der Waals surface area contributed by atoms with Crippen LogP contribution in [0.1, 0.15) is 20.3 Å². The molecule has 0 radical (unpaired) electrons. The standard InChI is InChI=1S/C14H19ClN6/c1-9(2)5-7-18-13-11(16)14(20-8-19-13)21-10-4-3-6-17-12(10)15/h3-4,6,8-9H,5,7,16H2,1-2H3,(H2,18,19,20,21). The van der Waals surface area contributed by atoms with E-state index in [1.165, 1.54) is 6.33 Å². The summed E-state index contributed by atoms with van der Waals surface area (Å²) in [5, 5.41) is 6.66. The molecule has 0 aliphatic rings. The smallest absolute Gasteiger partial charge is 0.159 e. The van der Waals surface area contributed by atoms with Crippen LogP contribution in [0.2, 0.25) is 5.15 Å². The summed E-state index contributed by atoms with van der Waals surface area (Å²) in [6.07, 6.45) is 4.12. The number of halogens is 1. The van der Waals surface area contributed by atoms with Gasteiger partial charge in [0, 0.05) is 12.7 Å². The highest BCUT2D eigenvalue weighted by Gasteiger charge is 2.10. The Morgan fingerprint density at radius 3 is 2.71 bits per heavy atom. The summed E-state index contributed by atoms with van der Waals surface area (Å²) in [4.78, 5) is 12.3. The van der Waals surface area contributed by atoms with E-state index in [4.69, 9.17) is 17.3 Å². The Hall–Kier alpha value is -2.08. The fourth-order valence-electron chi connectivity index (χ4n) is 1.72. The molecule has 2 aromatic heterocycles. The second-order valence-electron chi connectivity index (χ2n) is 5.06. The molecule has 0 spiro atoms. The molecule has 2 heterocycles. The van der Waals surface area contributed by atoms with Crippen LogP contribution in [0.3, 0.4) is 0 Å². The van der Waals surface area contributed by atoms with E-state index in [2.05, 4.69) is 39.4 Å². The first-order valence-electron chi connectivity index (χ1n) is 6.79. The van der Waals surface area contributed by atoms with Crippen LogP contribution >= 0.6 is 11.6 Å². The van der Waals surface area contributed by atoms with Crippen LogP contribution in [0.5, 0.6) is 0 Å². The van der Waals surface area contributed by atoms with Crippen molar-refractivity contribution in [2.24, 2.45) is 5.92 Å². The van der Waals surface area contributed by atoms with Gasteiger partial charge in [0.2, 0.25) is 0 Å². The number of pyridine rings is 1. The van der Waals surface area contributed by atoms with Crippen LogP contribution < -0.4 is 16.4 Å². The van der Waals surface area contributed by atoms with Crippen molar-refractivity contribution in [1.82, 2.24) is 15.0 Å². The van der Waals surface area contributed by atoms with E-state index in [1.54, 1.807) is 12.3 Å². The predicted octanol–water partition coefficient (Wildman–Crippen LogP) is 3.31. The van der Waals surface area contributed by atoms with Crippen molar-refractivity contribution < 1.29 is 0 Å². The van der Waals surface area contributed by atoms with E-state index in [0.29, 0.717) is 34.1 Å². The highest BCUT2D eigenvalue weighted by molar-refractivity contribution is 6.32. The van der Waals surface area contributed by atoms with Gasteiger partial charge in [0.1, 0.15) is 12.0 Å². The Balaban J connectivity index is 2.12. The molecule has 4 N–H and O–H groups in total. The van der Waals surface area contributed by atoms with Crippen LogP contribution in [0.25, 0.3) is 0 Å². The lowest BCUT2D eigenvalue weighted by molar-refractivity contribution is 0.606. The fourth-order valence-corrected chi connectivity index (χ4v) is 1.89. The highest BCUT2D eigenvalue weighted by atomic mass is 35.5. The van der Waals surface area contributed by atoms with Gasteiger partial charge in [-0.25, -0.2) is 15.0 Å². The number of hydrogen-bond acceptors (Lipinski definition) is 6. The van der Waals surface area contributed by atoms with Gasteiger partial charge in [0.05, 0.1) is 5.69 Å². The van der Waals surface area contributed by atoms with Gasteiger partial charge in [-0.3, -0.25) is 0 Å². The molecule has 0 unspecified atom stereocenters. The molecular weight excluding hydrogens is 288 g/mol. The predicted molar refractivity (Wildman–Crippen MR) is 86.9 cm³/mol. The van der Waals surface area contributed by atoms with Gasteiger partial charge in [0.15, 0.2) is 16.8 Å². The second kappa shape index (κ2) is 7.08. The normalized spacial score (nSPS) is 10.7. The van der Waals surface area contributed by atoms with E-state index >= 15 is 0 Å². The number of nitrogens with two attached hydrogens (primary N) is 1. The Morgan fingerprint density at radius 1 is 1.24 bits per heavy atom. The van der Waals surface area contributed by atoms with Crippen molar-refractivity contribution in [2.75, 3.05) is 22.9 Å². The van der Waals surface area contributed by atoms with Crippen molar-refractivity contribution in [2.45, 2.75) is 20.3 Å². The topological polar surface area (TPSA) is 88.8 Å². The zero-order chi connectivity index (χ0) is 15.2. The molecule has 21 heavy (non-hydrogen) atoms. The first-order chi connectivity index (χ1) is 10.1. The van der Waals surface area contributed by atoms with Gasteiger partial charge >= 0.3 is 0 Å². The number of anilines is 4. The van der Waals surface area contributed by atoms with Gasteiger partial charge in [-0.1, -0.05) is 25.4 Å². The summed E-state index contributed by atoms with van der Waals surface area (Å²) < 4.78 is 0. The monoisotopic (exact) mass is 306 g/mol. The maximum absolute atomic E-state index is 6.08. The van der Waals surface area contributed by atoms with Gasteiger partial charge in [-0.15, -0.1) is 0 Å². The molecule has 2 aromatic rings. The molecule has 0 amide bonds. The minimum atomic E-state index is 0.366. The Labute approximate surface area is 129 Å². The minimum Gasteiger partial charge on any atom is -0.393 e. The largest absolute Gasteiger partial charge is 0.393 e. The van der Waals surface area contributed by atoms with Crippen molar-refractivity contribution in [3.8, 4) is 0 Å². The van der Waals surface area contributed by atoms with Crippen LogP contribution in [0.15, 0.2) is 24.7 Å². The maximum Gasteiger partial charge on any atom is 0.159 e. The van der Waals surface area contributed by atoms with E-state index in [1.807, 2.05) is 6.07 Å². The maximum atomic E-state index is 6.08. The molecule has 0 bridgehead atoms. The molecular formula is C14H19ClN6. The molecule has 6 nitrogen and oxygen atoms in total. The third kappa shape index (κ3) is 4.19. The summed E-state index contributed by atoms with van der Waals surface area (Å²) in [5.41, 5.74) is 7.19. The third-order valence-electron chi connectivity index (χ3n) is 2.91. The van der Waals surface area contributed by atoms with Crippen LogP contribution in [0, 0.1) is 5.92 Å². The average molecular weight is 307 g/mol. The molecule has 112 valence electrons. The lowest BCUT2D eigenvalue weighted by Gasteiger charge is -2.13. The molecule has 7 heteroatoms. The summed E-state index contributed by atoms with van der Waals surface area (Å²) in [7, 11) is 0. The Morgan fingerprint density at radius 2 is 2.00 bits per heavy atom. The molecule has 0 saturated carbocycles. The van der Waals surface area contributed by atoms with Gasteiger partial charge in [-0.2, -0.15) is 0 Å². The lowest BCUT2D eigenvalue weighted by Crippen LogP contribution is -2.10. The second-order valence-corrected chi connectivity index (χ2v) is 5.42. The number of nitrogens with one attached hydrogen (secondary N) is 2. The molecule has 0 fully saturated rings.